The molecule has 3 rings (SSSR count). The van der Waals surface area contributed by atoms with Crippen LogP contribution in [0.5, 0.6) is 0 Å². The fourth-order valence-corrected chi connectivity index (χ4v) is 4.18. The van der Waals surface area contributed by atoms with Gasteiger partial charge in [-0.3, -0.25) is 0 Å². The van der Waals surface area contributed by atoms with Crippen LogP contribution in [0.4, 0.5) is 4.79 Å². The number of aromatic nitrogens is 2. The average molecular weight is 347 g/mol. The van der Waals surface area contributed by atoms with Crippen LogP contribution in [0.15, 0.2) is 24.5 Å². The molecular weight excluding hydrogens is 320 g/mol. The van der Waals surface area contributed by atoms with Crippen LogP contribution in [0.1, 0.15) is 30.5 Å². The average Bonchev–Trinajstić information content (AvgIpc) is 3.21. The van der Waals surface area contributed by atoms with Gasteiger partial charge in [-0.25, -0.2) is 9.78 Å². The van der Waals surface area contributed by atoms with Crippen molar-refractivity contribution in [2.75, 3.05) is 19.8 Å². The lowest BCUT2D eigenvalue weighted by molar-refractivity contribution is 0.191. The van der Waals surface area contributed by atoms with Crippen molar-refractivity contribution in [1.29, 1.82) is 0 Å². The first kappa shape index (κ1) is 17.1. The number of carbonyl (C=O) groups excluding carboxylic acids is 1. The third kappa shape index (κ3) is 3.69. The summed E-state index contributed by atoms with van der Waals surface area (Å²) in [4.78, 5) is 18.9. The number of urea groups is 1. The molecule has 2 atom stereocenters. The zero-order valence-corrected chi connectivity index (χ0v) is 15.5. The third-order valence-corrected chi connectivity index (χ3v) is 6.04. The Morgan fingerprint density at radius 2 is 2.33 bits per heavy atom. The van der Waals surface area contributed by atoms with Gasteiger partial charge in [-0.15, -0.1) is 0 Å². The number of nitrogens with zero attached hydrogens (tertiary/aromatic N) is 3. The maximum Gasteiger partial charge on any atom is 0.317 e. The minimum atomic E-state index is 0.0293. The Morgan fingerprint density at radius 3 is 3.04 bits per heavy atom. The molecule has 2 aromatic rings. The van der Waals surface area contributed by atoms with Gasteiger partial charge in [0.2, 0.25) is 0 Å². The molecule has 2 aromatic heterocycles. The minimum absolute atomic E-state index is 0.0293. The minimum Gasteiger partial charge on any atom is -0.338 e. The van der Waals surface area contributed by atoms with Crippen molar-refractivity contribution in [3.05, 3.63) is 35.8 Å². The van der Waals surface area contributed by atoms with Gasteiger partial charge in [0.05, 0.1) is 5.69 Å². The number of pyridine rings is 1. The number of amides is 2. The highest BCUT2D eigenvalue weighted by Crippen LogP contribution is 2.30. The van der Waals surface area contributed by atoms with Gasteiger partial charge in [-0.05, 0) is 44.1 Å². The van der Waals surface area contributed by atoms with Gasteiger partial charge in [-0.1, -0.05) is 6.07 Å². The Bertz CT molecular complexity index is 714. The Kier molecular flexibility index (Phi) is 5.33. The van der Waals surface area contributed by atoms with Crippen molar-refractivity contribution >= 4 is 23.4 Å². The SMILES string of the molecule is CSC1CCC(N(C)C(=O)NCCc2cn3cccc(C)c3n2)C1. The van der Waals surface area contributed by atoms with Crippen LogP contribution in [0, 0.1) is 6.92 Å². The number of hydrogen-bond acceptors (Lipinski definition) is 3. The summed E-state index contributed by atoms with van der Waals surface area (Å²) >= 11 is 1.91. The first-order valence-electron chi connectivity index (χ1n) is 8.55. The number of carbonyl (C=O) groups is 1. The highest BCUT2D eigenvalue weighted by Gasteiger charge is 2.29. The number of aryl methyl sites for hydroxylation is 1. The molecule has 6 heteroatoms. The topological polar surface area (TPSA) is 49.6 Å². The maximum atomic E-state index is 12.3. The molecule has 130 valence electrons. The first-order chi connectivity index (χ1) is 11.6. The van der Waals surface area contributed by atoms with Crippen molar-refractivity contribution in [2.24, 2.45) is 0 Å². The van der Waals surface area contributed by atoms with Gasteiger partial charge in [0, 0.05) is 43.7 Å². The second-order valence-corrected chi connectivity index (χ2v) is 7.71. The molecule has 0 aromatic carbocycles. The number of hydrogen-bond donors (Lipinski definition) is 1. The first-order valence-corrected chi connectivity index (χ1v) is 9.84. The Morgan fingerprint density at radius 1 is 1.50 bits per heavy atom. The number of thioether (sulfide) groups is 1. The van der Waals surface area contributed by atoms with Crippen LogP contribution in [-0.2, 0) is 6.42 Å². The van der Waals surface area contributed by atoms with Crippen molar-refractivity contribution in [2.45, 2.75) is 43.9 Å². The van der Waals surface area contributed by atoms with Gasteiger partial charge in [0.15, 0.2) is 0 Å². The van der Waals surface area contributed by atoms with Crippen LogP contribution in [0.2, 0.25) is 0 Å². The Balaban J connectivity index is 1.50. The summed E-state index contributed by atoms with van der Waals surface area (Å²) in [6.07, 6.45) is 10.4. The molecule has 1 N–H and O–H groups in total. The van der Waals surface area contributed by atoms with E-state index >= 15 is 0 Å². The summed E-state index contributed by atoms with van der Waals surface area (Å²) < 4.78 is 2.04. The number of nitrogens with one attached hydrogen (secondary N) is 1. The smallest absolute Gasteiger partial charge is 0.317 e. The van der Waals surface area contributed by atoms with Crippen molar-refractivity contribution < 1.29 is 4.79 Å². The lowest BCUT2D eigenvalue weighted by Gasteiger charge is -2.24. The summed E-state index contributed by atoms with van der Waals surface area (Å²) in [5.74, 6) is 0. The highest BCUT2D eigenvalue weighted by atomic mass is 32.2. The summed E-state index contributed by atoms with van der Waals surface area (Å²) in [6, 6.07) is 4.49. The molecule has 0 bridgehead atoms. The zero-order valence-electron chi connectivity index (χ0n) is 14.7. The lowest BCUT2D eigenvalue weighted by atomic mass is 10.2. The van der Waals surface area contributed by atoms with E-state index in [0.717, 1.165) is 36.2 Å². The van der Waals surface area contributed by atoms with Crippen LogP contribution in [0.3, 0.4) is 0 Å². The lowest BCUT2D eigenvalue weighted by Crippen LogP contribution is -2.43. The number of rotatable bonds is 5. The van der Waals surface area contributed by atoms with Gasteiger partial charge in [-0.2, -0.15) is 11.8 Å². The molecule has 0 radical (unpaired) electrons. The van der Waals surface area contributed by atoms with Crippen LogP contribution < -0.4 is 5.32 Å². The number of fused-ring (bicyclic) bond motifs is 1. The molecule has 0 aliphatic heterocycles. The second kappa shape index (κ2) is 7.47. The molecule has 5 nitrogen and oxygen atoms in total. The molecule has 2 heterocycles. The van der Waals surface area contributed by atoms with E-state index in [-0.39, 0.29) is 6.03 Å². The molecule has 1 saturated carbocycles. The molecule has 1 aliphatic rings. The van der Waals surface area contributed by atoms with E-state index < -0.39 is 0 Å². The fraction of sp³-hybridized carbons (Fsp3) is 0.556. The normalized spacial score (nSPS) is 20.5. The van der Waals surface area contributed by atoms with E-state index in [2.05, 4.69) is 29.5 Å². The third-order valence-electron chi connectivity index (χ3n) is 4.94. The molecule has 0 saturated heterocycles. The van der Waals surface area contributed by atoms with E-state index in [1.165, 1.54) is 6.42 Å². The molecule has 1 aliphatic carbocycles. The summed E-state index contributed by atoms with van der Waals surface area (Å²) in [7, 11) is 1.91. The Labute approximate surface area is 147 Å². The largest absolute Gasteiger partial charge is 0.338 e. The predicted molar refractivity (Wildman–Crippen MR) is 99.7 cm³/mol. The van der Waals surface area contributed by atoms with Gasteiger partial charge in [0.1, 0.15) is 5.65 Å². The Hall–Kier alpha value is -1.69. The summed E-state index contributed by atoms with van der Waals surface area (Å²) in [5.41, 5.74) is 3.16. The van der Waals surface area contributed by atoms with Gasteiger partial charge in [0.25, 0.3) is 0 Å². The molecule has 24 heavy (non-hydrogen) atoms. The van der Waals surface area contributed by atoms with E-state index in [0.29, 0.717) is 17.8 Å². The van der Waals surface area contributed by atoms with Crippen LogP contribution in [0.25, 0.3) is 5.65 Å². The predicted octanol–water partition coefficient (Wildman–Crippen LogP) is 3.11. The monoisotopic (exact) mass is 346 g/mol. The quantitative estimate of drug-likeness (QED) is 0.905. The van der Waals surface area contributed by atoms with E-state index in [9.17, 15) is 4.79 Å². The standard InChI is InChI=1S/C18H26N4OS/c1-13-5-4-10-22-12-14(20-17(13)22)8-9-19-18(23)21(2)15-6-7-16(11-15)24-3/h4-5,10,12,15-16H,6-9,11H2,1-3H3,(H,19,23). The van der Waals surface area contributed by atoms with E-state index in [4.69, 9.17) is 0 Å². The maximum absolute atomic E-state index is 12.3. The number of imidazole rings is 1. The summed E-state index contributed by atoms with van der Waals surface area (Å²) in [6.45, 7) is 2.68. The second-order valence-electron chi connectivity index (χ2n) is 6.57. The van der Waals surface area contributed by atoms with Gasteiger partial charge < -0.3 is 14.6 Å². The fourth-order valence-electron chi connectivity index (χ4n) is 3.40. The highest BCUT2D eigenvalue weighted by molar-refractivity contribution is 7.99. The van der Waals surface area contributed by atoms with Crippen molar-refractivity contribution in [3.63, 3.8) is 0 Å². The van der Waals surface area contributed by atoms with Crippen LogP contribution >= 0.6 is 11.8 Å². The van der Waals surface area contributed by atoms with Crippen molar-refractivity contribution in [3.8, 4) is 0 Å². The van der Waals surface area contributed by atoms with Crippen molar-refractivity contribution in [1.82, 2.24) is 19.6 Å². The molecule has 0 spiro atoms. The van der Waals surface area contributed by atoms with Gasteiger partial charge >= 0.3 is 6.03 Å². The van der Waals surface area contributed by atoms with E-state index in [1.54, 1.807) is 0 Å². The molecule has 2 unspecified atom stereocenters. The molecule has 1 fully saturated rings. The summed E-state index contributed by atoms with van der Waals surface area (Å²) in [5, 5.41) is 3.73. The van der Waals surface area contributed by atoms with E-state index in [1.807, 2.05) is 46.6 Å². The molecule has 2 amide bonds. The molecular formula is C18H26N4OS. The zero-order chi connectivity index (χ0) is 17.1. The van der Waals surface area contributed by atoms with Crippen LogP contribution in [-0.4, -0.2) is 51.5 Å².